The zero-order valence-electron chi connectivity index (χ0n) is 21.2. The number of methoxy groups -OCH3 is 2. The van der Waals surface area contributed by atoms with Crippen molar-refractivity contribution in [3.05, 3.63) is 94.6 Å². The maximum Gasteiger partial charge on any atom is 0.186 e. The predicted molar refractivity (Wildman–Crippen MR) is 142 cm³/mol. The first kappa shape index (κ1) is 24.2. The second-order valence-corrected chi connectivity index (χ2v) is 9.58. The second-order valence-electron chi connectivity index (χ2n) is 9.58. The first-order valence-electron chi connectivity index (χ1n) is 12.1. The van der Waals surface area contributed by atoms with Crippen molar-refractivity contribution in [3.8, 4) is 23.6 Å². The summed E-state index contributed by atoms with van der Waals surface area (Å²) in [5.41, 5.74) is 3.42. The van der Waals surface area contributed by atoms with Crippen LogP contribution in [0.1, 0.15) is 38.5 Å². The average Bonchev–Trinajstić information content (AvgIpc) is 3.23. The third kappa shape index (κ3) is 3.57. The van der Waals surface area contributed by atoms with Crippen LogP contribution in [0.3, 0.4) is 0 Å². The van der Waals surface area contributed by atoms with Crippen molar-refractivity contribution in [2.45, 2.75) is 31.8 Å². The van der Waals surface area contributed by atoms with E-state index in [1.54, 1.807) is 26.4 Å². The number of aryl methyl sites for hydroxylation is 2. The van der Waals surface area contributed by atoms with E-state index in [4.69, 9.17) is 9.47 Å². The summed E-state index contributed by atoms with van der Waals surface area (Å²) >= 11 is 0. The lowest BCUT2D eigenvalue weighted by atomic mass is 9.69. The molecule has 0 bridgehead atoms. The molecule has 0 N–H and O–H groups in total. The van der Waals surface area contributed by atoms with Gasteiger partial charge in [0.25, 0.3) is 0 Å². The number of rotatable bonds is 5. The molecule has 0 saturated carbocycles. The van der Waals surface area contributed by atoms with Gasteiger partial charge in [0.05, 0.1) is 32.4 Å². The number of carbonyl (C=O) groups is 1. The Kier molecular flexibility index (Phi) is 5.97. The molecule has 0 aromatic heterocycles. The monoisotopic (exact) mass is 489 g/mol. The molecule has 0 radical (unpaired) electrons. The summed E-state index contributed by atoms with van der Waals surface area (Å²) < 4.78 is 11.0. The summed E-state index contributed by atoms with van der Waals surface area (Å²) in [7, 11) is 3.09. The number of fused-ring (bicyclic) bond motifs is 3. The zero-order valence-corrected chi connectivity index (χ0v) is 21.2. The van der Waals surface area contributed by atoms with Crippen LogP contribution in [-0.4, -0.2) is 32.1 Å². The molecule has 1 saturated heterocycles. The van der Waals surface area contributed by atoms with Crippen LogP contribution in [0.25, 0.3) is 6.08 Å². The Bertz CT molecular complexity index is 1500. The number of nitriles is 2. The number of nitrogens with zero attached hydrogens (tertiary/aromatic N) is 3. The quantitative estimate of drug-likeness (QED) is 0.433. The standard InChI is InChI=1S/C31H27N3O3/c1-19-9-12-23(20(2)15-19)30(35)29-28(22-10-13-25(36-3)26(16-22)37-4)31(17-32,18-33)27-14-11-21-7-5-6-8-24(21)34(27)29/h5-16,27-29H,1-4H3/t27-,28-,29+/m0/s1. The van der Waals surface area contributed by atoms with E-state index in [0.29, 0.717) is 22.6 Å². The minimum absolute atomic E-state index is 0.125. The van der Waals surface area contributed by atoms with E-state index in [0.717, 1.165) is 22.4 Å². The van der Waals surface area contributed by atoms with Crippen LogP contribution in [0.15, 0.2) is 66.7 Å². The summed E-state index contributed by atoms with van der Waals surface area (Å²) in [5, 5.41) is 21.2. The minimum atomic E-state index is -1.53. The van der Waals surface area contributed by atoms with Crippen LogP contribution in [-0.2, 0) is 0 Å². The van der Waals surface area contributed by atoms with Crippen molar-refractivity contribution in [3.63, 3.8) is 0 Å². The Morgan fingerprint density at radius 3 is 2.35 bits per heavy atom. The molecule has 6 heteroatoms. The second kappa shape index (κ2) is 9.15. The van der Waals surface area contributed by atoms with Gasteiger partial charge in [0.15, 0.2) is 22.7 Å². The third-order valence-electron chi connectivity index (χ3n) is 7.60. The molecule has 0 amide bonds. The number of ether oxygens (including phenoxy) is 2. The summed E-state index contributed by atoms with van der Waals surface area (Å²) in [4.78, 5) is 16.5. The van der Waals surface area contributed by atoms with Gasteiger partial charge < -0.3 is 14.4 Å². The smallest absolute Gasteiger partial charge is 0.186 e. The van der Waals surface area contributed by atoms with Crippen molar-refractivity contribution < 1.29 is 14.3 Å². The summed E-state index contributed by atoms with van der Waals surface area (Å²) in [6.45, 7) is 3.91. The van der Waals surface area contributed by atoms with Gasteiger partial charge in [0, 0.05) is 17.2 Å². The number of hydrogen-bond acceptors (Lipinski definition) is 6. The lowest BCUT2D eigenvalue weighted by molar-refractivity contribution is 0.0950. The van der Waals surface area contributed by atoms with Gasteiger partial charge in [-0.15, -0.1) is 0 Å². The molecule has 3 aromatic carbocycles. The highest BCUT2D eigenvalue weighted by molar-refractivity contribution is 6.05. The highest BCUT2D eigenvalue weighted by Crippen LogP contribution is 2.56. The molecule has 0 spiro atoms. The van der Waals surface area contributed by atoms with Gasteiger partial charge in [-0.3, -0.25) is 4.79 Å². The molecule has 6 nitrogen and oxygen atoms in total. The van der Waals surface area contributed by atoms with Crippen molar-refractivity contribution in [1.29, 1.82) is 10.5 Å². The molecular formula is C31H27N3O3. The number of anilines is 1. The molecule has 0 aliphatic carbocycles. The van der Waals surface area contributed by atoms with Crippen LogP contribution in [0.4, 0.5) is 5.69 Å². The predicted octanol–water partition coefficient (Wildman–Crippen LogP) is 5.60. The van der Waals surface area contributed by atoms with E-state index in [9.17, 15) is 15.3 Å². The summed E-state index contributed by atoms with van der Waals surface area (Å²) in [6, 6.07) is 22.2. The number of para-hydroxylation sites is 1. The number of ketones is 1. The molecular weight excluding hydrogens is 462 g/mol. The van der Waals surface area contributed by atoms with E-state index in [1.165, 1.54) is 0 Å². The van der Waals surface area contributed by atoms with E-state index in [1.807, 2.05) is 79.4 Å². The van der Waals surface area contributed by atoms with Crippen molar-refractivity contribution in [2.75, 3.05) is 19.1 Å². The Morgan fingerprint density at radius 2 is 1.68 bits per heavy atom. The first-order chi connectivity index (χ1) is 17.9. The number of hydrogen-bond donors (Lipinski definition) is 0. The highest BCUT2D eigenvalue weighted by atomic mass is 16.5. The SMILES string of the molecule is COc1ccc([C@H]2[C@H](C(=O)c3ccc(C)cc3C)N3c4ccccc4C=C[C@H]3C2(C#N)C#N)cc1OC. The van der Waals surface area contributed by atoms with Crippen LogP contribution in [0.2, 0.25) is 0 Å². The fourth-order valence-electron chi connectivity index (χ4n) is 5.90. The topological polar surface area (TPSA) is 86.4 Å². The molecule has 0 unspecified atom stereocenters. The van der Waals surface area contributed by atoms with E-state index in [2.05, 4.69) is 12.1 Å². The fraction of sp³-hybridized carbons (Fsp3) is 0.258. The van der Waals surface area contributed by atoms with Crippen molar-refractivity contribution in [2.24, 2.45) is 5.41 Å². The molecule has 2 aliphatic heterocycles. The lowest BCUT2D eigenvalue weighted by Crippen LogP contribution is -2.44. The van der Waals surface area contributed by atoms with Crippen LogP contribution < -0.4 is 14.4 Å². The molecule has 184 valence electrons. The molecule has 3 aromatic rings. The van der Waals surface area contributed by atoms with Gasteiger partial charge in [-0.2, -0.15) is 10.5 Å². The maximum atomic E-state index is 14.5. The Morgan fingerprint density at radius 1 is 0.946 bits per heavy atom. The normalized spacial score (nSPS) is 20.8. The van der Waals surface area contributed by atoms with Crippen LogP contribution in [0, 0.1) is 41.9 Å². The van der Waals surface area contributed by atoms with Gasteiger partial charge in [0.1, 0.15) is 6.04 Å². The molecule has 37 heavy (non-hydrogen) atoms. The summed E-state index contributed by atoms with van der Waals surface area (Å²) in [5.74, 6) is 0.128. The molecule has 2 heterocycles. The maximum absolute atomic E-state index is 14.5. The zero-order chi connectivity index (χ0) is 26.3. The van der Waals surface area contributed by atoms with Crippen molar-refractivity contribution in [1.82, 2.24) is 0 Å². The number of carbonyl (C=O) groups excluding carboxylic acids is 1. The highest BCUT2D eigenvalue weighted by Gasteiger charge is 2.63. The summed E-state index contributed by atoms with van der Waals surface area (Å²) in [6.07, 6.45) is 3.83. The van der Waals surface area contributed by atoms with Crippen LogP contribution >= 0.6 is 0 Å². The molecule has 1 fully saturated rings. The van der Waals surface area contributed by atoms with E-state index in [-0.39, 0.29) is 5.78 Å². The van der Waals surface area contributed by atoms with Gasteiger partial charge >= 0.3 is 0 Å². The van der Waals surface area contributed by atoms with Gasteiger partial charge in [-0.1, -0.05) is 60.2 Å². The molecule has 5 rings (SSSR count). The largest absolute Gasteiger partial charge is 0.493 e. The van der Waals surface area contributed by atoms with Gasteiger partial charge in [-0.05, 0) is 48.7 Å². The average molecular weight is 490 g/mol. The molecule has 3 atom stereocenters. The number of Topliss-reactive ketones (excluding diaryl/α,β-unsaturated/α-hetero) is 1. The third-order valence-corrected chi connectivity index (χ3v) is 7.60. The Labute approximate surface area is 217 Å². The molecule has 2 aliphatic rings. The first-order valence-corrected chi connectivity index (χ1v) is 12.1. The van der Waals surface area contributed by atoms with Gasteiger partial charge in [0.2, 0.25) is 0 Å². The minimum Gasteiger partial charge on any atom is -0.493 e. The lowest BCUT2D eigenvalue weighted by Gasteiger charge is -2.35. The van der Waals surface area contributed by atoms with E-state index >= 15 is 0 Å². The van der Waals surface area contributed by atoms with E-state index < -0.39 is 23.4 Å². The van der Waals surface area contributed by atoms with Crippen LogP contribution in [0.5, 0.6) is 11.5 Å². The Balaban J connectivity index is 1.80. The Hall–Kier alpha value is -4.55. The van der Waals surface area contributed by atoms with Gasteiger partial charge in [-0.25, -0.2) is 0 Å². The fourth-order valence-corrected chi connectivity index (χ4v) is 5.90. The number of benzene rings is 3. The van der Waals surface area contributed by atoms with Crippen molar-refractivity contribution >= 4 is 17.5 Å².